The molecule has 3 aromatic rings. The van der Waals surface area contributed by atoms with Crippen LogP contribution in [-0.2, 0) is 21.4 Å². The monoisotopic (exact) mass is 472 g/mol. The van der Waals surface area contributed by atoms with Gasteiger partial charge < -0.3 is 10.1 Å². The van der Waals surface area contributed by atoms with E-state index < -0.39 is 15.9 Å². The van der Waals surface area contributed by atoms with E-state index in [4.69, 9.17) is 16.3 Å². The molecule has 0 bridgehead atoms. The maximum atomic E-state index is 13.4. The number of amides is 1. The molecule has 0 atom stereocenters. The number of ether oxygens (including phenoxy) is 1. The lowest BCUT2D eigenvalue weighted by molar-refractivity contribution is -0.116. The van der Waals surface area contributed by atoms with Gasteiger partial charge in [-0.2, -0.15) is 4.31 Å². The van der Waals surface area contributed by atoms with E-state index in [1.54, 1.807) is 24.3 Å². The molecule has 0 aliphatic carbocycles. The molecule has 0 saturated carbocycles. The average molecular weight is 473 g/mol. The zero-order valence-corrected chi connectivity index (χ0v) is 19.5. The van der Waals surface area contributed by atoms with Crippen LogP contribution in [0.15, 0.2) is 77.7 Å². The first-order valence-corrected chi connectivity index (χ1v) is 11.9. The fourth-order valence-corrected chi connectivity index (χ4v) is 4.62. The number of nitrogens with one attached hydrogen (secondary N) is 1. The number of nitrogens with zero attached hydrogens (tertiary/aromatic N) is 1. The first-order chi connectivity index (χ1) is 15.3. The van der Waals surface area contributed by atoms with Crippen molar-refractivity contribution < 1.29 is 17.9 Å². The highest BCUT2D eigenvalue weighted by molar-refractivity contribution is 7.89. The molecule has 0 radical (unpaired) electrons. The topological polar surface area (TPSA) is 75.7 Å². The lowest BCUT2D eigenvalue weighted by Gasteiger charge is -2.23. The molecule has 168 valence electrons. The zero-order chi connectivity index (χ0) is 23.1. The third-order valence-electron chi connectivity index (χ3n) is 4.83. The Morgan fingerprint density at radius 3 is 2.28 bits per heavy atom. The second-order valence-corrected chi connectivity index (χ2v) is 9.53. The van der Waals surface area contributed by atoms with E-state index in [0.29, 0.717) is 23.1 Å². The Bertz CT molecular complexity index is 1160. The van der Waals surface area contributed by atoms with E-state index >= 15 is 0 Å². The van der Waals surface area contributed by atoms with Gasteiger partial charge in [0.25, 0.3) is 0 Å². The predicted molar refractivity (Wildman–Crippen MR) is 126 cm³/mol. The summed E-state index contributed by atoms with van der Waals surface area (Å²) in [5.74, 6) is 0.247. The highest BCUT2D eigenvalue weighted by Gasteiger charge is 2.27. The van der Waals surface area contributed by atoms with Gasteiger partial charge in [-0.25, -0.2) is 8.42 Å². The zero-order valence-electron chi connectivity index (χ0n) is 17.9. The molecule has 0 aliphatic heterocycles. The van der Waals surface area contributed by atoms with Gasteiger partial charge >= 0.3 is 0 Å². The lowest BCUT2D eigenvalue weighted by atomic mass is 10.1. The average Bonchev–Trinajstić information content (AvgIpc) is 2.76. The highest BCUT2D eigenvalue weighted by atomic mass is 35.5. The molecule has 0 spiro atoms. The van der Waals surface area contributed by atoms with Crippen molar-refractivity contribution in [2.45, 2.75) is 25.3 Å². The van der Waals surface area contributed by atoms with Crippen molar-refractivity contribution in [3.8, 4) is 5.75 Å². The number of rotatable bonds is 9. The smallest absolute Gasteiger partial charge is 0.243 e. The predicted octanol–water partition coefficient (Wildman–Crippen LogP) is 4.88. The van der Waals surface area contributed by atoms with Crippen LogP contribution in [0.25, 0.3) is 0 Å². The minimum absolute atomic E-state index is 0.0638. The van der Waals surface area contributed by atoms with Crippen molar-refractivity contribution in [2.24, 2.45) is 0 Å². The first kappa shape index (κ1) is 23.8. The molecule has 6 nitrogen and oxygen atoms in total. The summed E-state index contributed by atoms with van der Waals surface area (Å²) < 4.78 is 33.3. The summed E-state index contributed by atoms with van der Waals surface area (Å²) in [6.45, 7) is 4.06. The van der Waals surface area contributed by atoms with Crippen LogP contribution in [0, 0.1) is 6.92 Å². The fourth-order valence-electron chi connectivity index (χ4n) is 3.12. The molecule has 1 amide bonds. The SMILES string of the molecule is CCOc1ccc(NC(=O)CN(Cc2ccccc2C)S(=O)(=O)c2ccc(Cl)cc2)cc1. The maximum absolute atomic E-state index is 13.4. The number of carbonyl (C=O) groups is 1. The van der Waals surface area contributed by atoms with E-state index in [2.05, 4.69) is 5.32 Å². The van der Waals surface area contributed by atoms with E-state index in [1.807, 2.05) is 38.1 Å². The number of sulfonamides is 1. The Morgan fingerprint density at radius 1 is 1.00 bits per heavy atom. The van der Waals surface area contributed by atoms with Gasteiger partial charge in [-0.1, -0.05) is 35.9 Å². The standard InChI is InChI=1S/C24H25ClN2O4S/c1-3-31-22-12-10-21(11-13-22)26-24(28)17-27(16-19-7-5-4-6-18(19)2)32(29,30)23-14-8-20(25)9-15-23/h4-15H,3,16-17H2,1-2H3,(H,26,28). The molecular weight excluding hydrogens is 448 g/mol. The molecule has 3 aromatic carbocycles. The summed E-state index contributed by atoms with van der Waals surface area (Å²) in [5, 5.41) is 3.19. The largest absolute Gasteiger partial charge is 0.494 e. The number of hydrogen-bond acceptors (Lipinski definition) is 4. The van der Waals surface area contributed by atoms with Crippen molar-refractivity contribution in [3.63, 3.8) is 0 Å². The molecule has 0 fully saturated rings. The summed E-state index contributed by atoms with van der Waals surface area (Å²) in [7, 11) is -3.94. The molecule has 0 saturated heterocycles. The molecular formula is C24H25ClN2O4S. The number of anilines is 1. The van der Waals surface area contributed by atoms with E-state index in [-0.39, 0.29) is 18.0 Å². The first-order valence-electron chi connectivity index (χ1n) is 10.1. The second-order valence-electron chi connectivity index (χ2n) is 7.16. The van der Waals surface area contributed by atoms with Gasteiger partial charge in [0, 0.05) is 17.3 Å². The Kier molecular flexibility index (Phi) is 7.90. The number of aryl methyl sites for hydroxylation is 1. The molecule has 32 heavy (non-hydrogen) atoms. The molecule has 0 heterocycles. The fraction of sp³-hybridized carbons (Fsp3) is 0.208. The van der Waals surface area contributed by atoms with Crippen LogP contribution in [0.2, 0.25) is 5.02 Å². The Labute approximate surface area is 193 Å². The van der Waals surface area contributed by atoms with Crippen LogP contribution >= 0.6 is 11.6 Å². The van der Waals surface area contributed by atoms with Gasteiger partial charge in [0.1, 0.15) is 5.75 Å². The van der Waals surface area contributed by atoms with E-state index in [1.165, 1.54) is 28.6 Å². The summed E-state index contributed by atoms with van der Waals surface area (Å²) >= 11 is 5.92. The van der Waals surface area contributed by atoms with Crippen molar-refractivity contribution in [1.82, 2.24) is 4.31 Å². The van der Waals surface area contributed by atoms with Crippen LogP contribution in [0.4, 0.5) is 5.69 Å². The van der Waals surface area contributed by atoms with Gasteiger partial charge in [-0.3, -0.25) is 4.79 Å². The van der Waals surface area contributed by atoms with Crippen LogP contribution in [0.5, 0.6) is 5.75 Å². The minimum atomic E-state index is -3.94. The van der Waals surface area contributed by atoms with Crippen molar-refractivity contribution in [3.05, 3.63) is 88.9 Å². The van der Waals surface area contributed by atoms with Gasteiger partial charge in [0.2, 0.25) is 15.9 Å². The van der Waals surface area contributed by atoms with E-state index in [9.17, 15) is 13.2 Å². The minimum Gasteiger partial charge on any atom is -0.494 e. The van der Waals surface area contributed by atoms with Crippen molar-refractivity contribution >= 4 is 33.2 Å². The number of benzene rings is 3. The van der Waals surface area contributed by atoms with Crippen LogP contribution in [0.3, 0.4) is 0 Å². The van der Waals surface area contributed by atoms with Crippen molar-refractivity contribution in [1.29, 1.82) is 0 Å². The molecule has 0 unspecified atom stereocenters. The highest BCUT2D eigenvalue weighted by Crippen LogP contribution is 2.22. The lowest BCUT2D eigenvalue weighted by Crippen LogP contribution is -2.37. The second kappa shape index (κ2) is 10.6. The van der Waals surface area contributed by atoms with Gasteiger partial charge in [0.05, 0.1) is 18.0 Å². The van der Waals surface area contributed by atoms with Gasteiger partial charge in [0.15, 0.2) is 0 Å². The Balaban J connectivity index is 1.84. The van der Waals surface area contributed by atoms with Crippen LogP contribution in [0.1, 0.15) is 18.1 Å². The van der Waals surface area contributed by atoms with Gasteiger partial charge in [-0.15, -0.1) is 0 Å². The van der Waals surface area contributed by atoms with Crippen molar-refractivity contribution in [2.75, 3.05) is 18.5 Å². The molecule has 0 aliphatic rings. The normalized spacial score (nSPS) is 11.4. The molecule has 1 N–H and O–H groups in total. The summed E-state index contributed by atoms with van der Waals surface area (Å²) in [6.07, 6.45) is 0. The number of hydrogen-bond donors (Lipinski definition) is 1. The third-order valence-corrected chi connectivity index (χ3v) is 6.89. The van der Waals surface area contributed by atoms with Crippen LogP contribution in [-0.4, -0.2) is 31.8 Å². The Morgan fingerprint density at radius 2 is 1.66 bits per heavy atom. The summed E-state index contributed by atoms with van der Waals surface area (Å²) in [5.41, 5.74) is 2.31. The van der Waals surface area contributed by atoms with E-state index in [0.717, 1.165) is 11.1 Å². The number of carbonyl (C=O) groups excluding carboxylic acids is 1. The third kappa shape index (κ3) is 6.09. The molecule has 8 heteroatoms. The Hall–Kier alpha value is -2.87. The molecule has 0 aromatic heterocycles. The summed E-state index contributed by atoms with van der Waals surface area (Å²) in [6, 6.07) is 20.3. The van der Waals surface area contributed by atoms with Gasteiger partial charge in [-0.05, 0) is 73.5 Å². The quantitative estimate of drug-likeness (QED) is 0.481. The molecule has 3 rings (SSSR count). The summed E-state index contributed by atoms with van der Waals surface area (Å²) in [4.78, 5) is 12.8. The number of halogens is 1. The maximum Gasteiger partial charge on any atom is 0.243 e. The van der Waals surface area contributed by atoms with Crippen LogP contribution < -0.4 is 10.1 Å².